The molecule has 0 bridgehead atoms. The first-order chi connectivity index (χ1) is 9.58. The molecule has 0 saturated carbocycles. The van der Waals surface area contributed by atoms with Gasteiger partial charge in [-0.2, -0.15) is 4.72 Å². The maximum Gasteiger partial charge on any atom is 0.321 e. The molecule has 118 valence electrons. The van der Waals surface area contributed by atoms with Crippen LogP contribution in [0.1, 0.15) is 6.42 Å². The lowest BCUT2D eigenvalue weighted by Gasteiger charge is -2.13. The van der Waals surface area contributed by atoms with Crippen LogP contribution in [-0.4, -0.2) is 51.9 Å². The van der Waals surface area contributed by atoms with Crippen molar-refractivity contribution in [3.63, 3.8) is 0 Å². The van der Waals surface area contributed by atoms with E-state index in [1.54, 1.807) is 0 Å². The molecule has 21 heavy (non-hydrogen) atoms. The number of rotatable bonds is 7. The fourth-order valence-electron chi connectivity index (χ4n) is 1.48. The fraction of sp³-hybridized carbons (Fsp3) is 0.364. The van der Waals surface area contributed by atoms with E-state index in [0.717, 1.165) is 30.5 Å². The lowest BCUT2D eigenvalue weighted by Crippen LogP contribution is -2.41. The third-order valence-corrected chi connectivity index (χ3v) is 5.19. The van der Waals surface area contributed by atoms with Gasteiger partial charge in [-0.15, -0.1) is 0 Å². The largest absolute Gasteiger partial charge is 0.480 e. The zero-order valence-electron chi connectivity index (χ0n) is 11.1. The fourth-order valence-corrected chi connectivity index (χ4v) is 3.34. The minimum absolute atomic E-state index is 0.0495. The van der Waals surface area contributed by atoms with E-state index >= 15 is 0 Å². The smallest absolute Gasteiger partial charge is 0.321 e. The molecule has 0 heterocycles. The normalized spacial score (nSPS) is 13.8. The number of sulfone groups is 1. The number of nitrogens with one attached hydrogen (secondary N) is 1. The van der Waals surface area contributed by atoms with E-state index in [1.807, 2.05) is 4.72 Å². The topological polar surface area (TPSA) is 138 Å². The number of carbonyl (C=O) groups is 1. The molecule has 0 amide bonds. The quantitative estimate of drug-likeness (QED) is 0.592. The van der Waals surface area contributed by atoms with Gasteiger partial charge in [0, 0.05) is 12.9 Å². The summed E-state index contributed by atoms with van der Waals surface area (Å²) in [5.74, 6) is -1.42. The third kappa shape index (κ3) is 4.77. The van der Waals surface area contributed by atoms with Gasteiger partial charge < -0.3 is 10.2 Å². The summed E-state index contributed by atoms with van der Waals surface area (Å²) in [6, 6.07) is 2.90. The van der Waals surface area contributed by atoms with Gasteiger partial charge in [0.25, 0.3) is 0 Å². The minimum Gasteiger partial charge on any atom is -0.480 e. The predicted molar refractivity (Wildman–Crippen MR) is 73.0 cm³/mol. The number of aliphatic hydroxyl groups excluding tert-OH is 1. The Bertz CT molecular complexity index is 707. The zero-order chi connectivity index (χ0) is 16.3. The van der Waals surface area contributed by atoms with Crippen LogP contribution in [0.2, 0.25) is 0 Å². The zero-order valence-corrected chi connectivity index (χ0v) is 12.7. The molecule has 0 aliphatic rings. The predicted octanol–water partition coefficient (Wildman–Crippen LogP) is -0.796. The molecule has 0 radical (unpaired) electrons. The molecule has 0 saturated heterocycles. The molecule has 10 heteroatoms. The van der Waals surface area contributed by atoms with E-state index < -0.39 is 38.5 Å². The lowest BCUT2D eigenvalue weighted by atomic mass is 10.2. The van der Waals surface area contributed by atoms with Gasteiger partial charge in [0.15, 0.2) is 9.84 Å². The number of benzene rings is 1. The van der Waals surface area contributed by atoms with Crippen LogP contribution in [-0.2, 0) is 24.7 Å². The average molecular weight is 337 g/mol. The van der Waals surface area contributed by atoms with Crippen molar-refractivity contribution >= 4 is 25.8 Å². The Morgan fingerprint density at radius 1 is 1.14 bits per heavy atom. The van der Waals surface area contributed by atoms with Gasteiger partial charge in [0.1, 0.15) is 6.04 Å². The van der Waals surface area contributed by atoms with Crippen molar-refractivity contribution in [1.82, 2.24) is 4.72 Å². The summed E-state index contributed by atoms with van der Waals surface area (Å²) in [7, 11) is -7.58. The van der Waals surface area contributed by atoms with E-state index in [4.69, 9.17) is 10.2 Å². The highest BCUT2D eigenvalue weighted by Crippen LogP contribution is 2.15. The summed E-state index contributed by atoms with van der Waals surface area (Å²) in [5, 5.41) is 17.6. The van der Waals surface area contributed by atoms with Crippen molar-refractivity contribution < 1.29 is 31.8 Å². The first kappa shape index (κ1) is 17.6. The summed E-state index contributed by atoms with van der Waals surface area (Å²) in [6.45, 7) is -0.494. The molecular weight excluding hydrogens is 322 g/mol. The number of hydrogen-bond donors (Lipinski definition) is 3. The Morgan fingerprint density at radius 2 is 1.62 bits per heavy atom. The second-order valence-corrected chi connectivity index (χ2v) is 8.00. The maximum atomic E-state index is 12.0. The standard InChI is InChI=1S/C11H15NO7S2/c1-20(16,17)8-2-4-9(5-3-8)21(18,19)12-10(6-7-13)11(14)15/h2-5,10,12-13H,6-7H2,1H3,(H,14,15). The SMILES string of the molecule is CS(=O)(=O)c1ccc(S(=O)(=O)NC(CCO)C(=O)O)cc1. The van der Waals surface area contributed by atoms with Crippen LogP contribution in [0.25, 0.3) is 0 Å². The van der Waals surface area contributed by atoms with Crippen LogP contribution in [0.15, 0.2) is 34.1 Å². The molecule has 3 N–H and O–H groups in total. The summed E-state index contributed by atoms with van der Waals surface area (Å²) in [5.41, 5.74) is 0. The Hall–Kier alpha value is -1.49. The van der Waals surface area contributed by atoms with Gasteiger partial charge in [-0.1, -0.05) is 0 Å². The molecule has 0 aliphatic carbocycles. The van der Waals surface area contributed by atoms with Crippen molar-refractivity contribution in [3.8, 4) is 0 Å². The highest BCUT2D eigenvalue weighted by molar-refractivity contribution is 7.90. The Morgan fingerprint density at radius 3 is 2.00 bits per heavy atom. The Labute approximate surface area is 122 Å². The first-order valence-electron chi connectivity index (χ1n) is 5.74. The lowest BCUT2D eigenvalue weighted by molar-refractivity contribution is -0.139. The molecule has 1 aromatic rings. The van der Waals surface area contributed by atoms with Crippen LogP contribution in [0, 0.1) is 0 Å². The van der Waals surface area contributed by atoms with E-state index in [1.165, 1.54) is 0 Å². The first-order valence-corrected chi connectivity index (χ1v) is 9.11. The molecule has 0 aliphatic heterocycles. The molecule has 1 atom stereocenters. The number of carboxylic acids is 1. The molecule has 0 aromatic heterocycles. The second-order valence-electron chi connectivity index (χ2n) is 4.27. The van der Waals surface area contributed by atoms with Gasteiger partial charge in [-0.3, -0.25) is 4.79 Å². The van der Waals surface area contributed by atoms with Crippen molar-refractivity contribution in [2.24, 2.45) is 0 Å². The van der Waals surface area contributed by atoms with Crippen molar-refractivity contribution in [3.05, 3.63) is 24.3 Å². The van der Waals surface area contributed by atoms with Crippen LogP contribution in [0.3, 0.4) is 0 Å². The van der Waals surface area contributed by atoms with Crippen LogP contribution in [0.5, 0.6) is 0 Å². The average Bonchev–Trinajstić information content (AvgIpc) is 2.37. The molecule has 1 rings (SSSR count). The number of aliphatic hydroxyl groups is 1. The number of aliphatic carboxylic acids is 1. The van der Waals surface area contributed by atoms with E-state index in [2.05, 4.69) is 0 Å². The highest BCUT2D eigenvalue weighted by Gasteiger charge is 2.25. The molecule has 8 nitrogen and oxygen atoms in total. The molecule has 0 fully saturated rings. The van der Waals surface area contributed by atoms with Crippen LogP contribution < -0.4 is 4.72 Å². The summed E-state index contributed by atoms with van der Waals surface area (Å²) < 4.78 is 48.4. The molecular formula is C11H15NO7S2. The van der Waals surface area contributed by atoms with Crippen molar-refractivity contribution in [1.29, 1.82) is 0 Å². The third-order valence-electron chi connectivity index (χ3n) is 2.58. The monoisotopic (exact) mass is 337 g/mol. The van der Waals surface area contributed by atoms with E-state index in [9.17, 15) is 21.6 Å². The van der Waals surface area contributed by atoms with Gasteiger partial charge in [-0.25, -0.2) is 16.8 Å². The van der Waals surface area contributed by atoms with E-state index in [0.29, 0.717) is 0 Å². The minimum atomic E-state index is -4.13. The molecule has 0 spiro atoms. The van der Waals surface area contributed by atoms with Crippen molar-refractivity contribution in [2.45, 2.75) is 22.3 Å². The van der Waals surface area contributed by atoms with Gasteiger partial charge in [0.2, 0.25) is 10.0 Å². The summed E-state index contributed by atoms with van der Waals surface area (Å²) in [4.78, 5) is 10.6. The second kappa shape index (κ2) is 6.52. The number of sulfonamides is 1. The van der Waals surface area contributed by atoms with Crippen LogP contribution >= 0.6 is 0 Å². The van der Waals surface area contributed by atoms with Gasteiger partial charge >= 0.3 is 5.97 Å². The van der Waals surface area contributed by atoms with E-state index in [-0.39, 0.29) is 16.2 Å². The number of hydrogen-bond acceptors (Lipinski definition) is 6. The Kier molecular flexibility index (Phi) is 5.45. The number of carboxylic acid groups (broad SMARTS) is 1. The molecule has 1 aromatic carbocycles. The van der Waals surface area contributed by atoms with Gasteiger partial charge in [0.05, 0.1) is 9.79 Å². The maximum absolute atomic E-state index is 12.0. The highest BCUT2D eigenvalue weighted by atomic mass is 32.2. The van der Waals surface area contributed by atoms with Crippen molar-refractivity contribution in [2.75, 3.05) is 12.9 Å². The Balaban J connectivity index is 3.05. The van der Waals surface area contributed by atoms with Gasteiger partial charge in [-0.05, 0) is 30.7 Å². The summed E-state index contributed by atoms with van der Waals surface area (Å²) in [6.07, 6.45) is 0.701. The molecule has 1 unspecified atom stereocenters. The summed E-state index contributed by atoms with van der Waals surface area (Å²) >= 11 is 0. The van der Waals surface area contributed by atoms with Crippen LogP contribution in [0.4, 0.5) is 0 Å².